The number of amides is 4. The number of benzene rings is 1. The number of carbonyl (C=O) groups is 3. The first-order chi connectivity index (χ1) is 11.0. The van der Waals surface area contributed by atoms with Crippen molar-refractivity contribution >= 4 is 29.4 Å². The monoisotopic (exact) mass is 334 g/mol. The lowest BCUT2D eigenvalue weighted by Crippen LogP contribution is -2.46. The molecular formula is C17H19ClN2O3. The van der Waals surface area contributed by atoms with Crippen molar-refractivity contribution in [2.45, 2.75) is 45.2 Å². The van der Waals surface area contributed by atoms with Crippen LogP contribution in [0, 0.1) is 5.92 Å². The van der Waals surface area contributed by atoms with E-state index < -0.39 is 17.8 Å². The summed E-state index contributed by atoms with van der Waals surface area (Å²) >= 11 is 5.84. The number of nitrogens with zero attached hydrogens (tertiary/aromatic N) is 2. The number of hydrogen-bond donors (Lipinski definition) is 0. The maximum Gasteiger partial charge on any atom is 0.334 e. The highest BCUT2D eigenvalue weighted by Gasteiger charge is 2.48. The van der Waals surface area contributed by atoms with Crippen LogP contribution in [-0.4, -0.2) is 33.7 Å². The van der Waals surface area contributed by atoms with Gasteiger partial charge >= 0.3 is 17.8 Å². The minimum Gasteiger partial charge on any atom is -0.263 e. The Morgan fingerprint density at radius 1 is 1.04 bits per heavy atom. The van der Waals surface area contributed by atoms with Crippen LogP contribution in [0.3, 0.4) is 0 Å². The summed E-state index contributed by atoms with van der Waals surface area (Å²) < 4.78 is 0. The van der Waals surface area contributed by atoms with Crippen LogP contribution < -0.4 is 0 Å². The van der Waals surface area contributed by atoms with E-state index in [-0.39, 0.29) is 18.5 Å². The molecule has 1 heterocycles. The summed E-state index contributed by atoms with van der Waals surface area (Å²) in [6, 6.07) is 6.24. The quantitative estimate of drug-likeness (QED) is 0.630. The number of urea groups is 1. The Balaban J connectivity index is 1.80. The van der Waals surface area contributed by atoms with E-state index in [0.717, 1.165) is 36.1 Å². The molecule has 0 radical (unpaired) electrons. The normalized spacial score (nSPS) is 25.4. The van der Waals surface area contributed by atoms with Gasteiger partial charge in [0.05, 0.1) is 6.54 Å². The fourth-order valence-corrected chi connectivity index (χ4v) is 3.53. The highest BCUT2D eigenvalue weighted by atomic mass is 35.5. The summed E-state index contributed by atoms with van der Waals surface area (Å²) in [5, 5.41) is 0.585. The number of imide groups is 2. The Bertz CT molecular complexity index is 644. The van der Waals surface area contributed by atoms with Gasteiger partial charge in [0.25, 0.3) is 0 Å². The standard InChI is InChI=1S/C17H19ClN2O3/c1-11-4-2-3-5-14(11)20-16(22)15(21)19(17(20)23)10-12-6-8-13(18)9-7-12/h6-9,11,14H,2-5,10H2,1H3/t11-,14+/m1/s1. The minimum atomic E-state index is -0.734. The van der Waals surface area contributed by atoms with Crippen molar-refractivity contribution in [3.63, 3.8) is 0 Å². The number of hydrogen-bond acceptors (Lipinski definition) is 3. The molecule has 1 aromatic rings. The molecule has 1 saturated carbocycles. The van der Waals surface area contributed by atoms with Gasteiger partial charge in [0.1, 0.15) is 0 Å². The van der Waals surface area contributed by atoms with Crippen LogP contribution in [0.2, 0.25) is 5.02 Å². The van der Waals surface area contributed by atoms with Gasteiger partial charge < -0.3 is 0 Å². The molecule has 1 aliphatic carbocycles. The van der Waals surface area contributed by atoms with E-state index >= 15 is 0 Å². The predicted molar refractivity (Wildman–Crippen MR) is 85.7 cm³/mol. The smallest absolute Gasteiger partial charge is 0.263 e. The molecule has 0 unspecified atom stereocenters. The van der Waals surface area contributed by atoms with Crippen LogP contribution in [-0.2, 0) is 16.1 Å². The van der Waals surface area contributed by atoms with Crippen LogP contribution in [0.1, 0.15) is 38.2 Å². The topological polar surface area (TPSA) is 57.7 Å². The van der Waals surface area contributed by atoms with Crippen molar-refractivity contribution in [3.8, 4) is 0 Å². The molecule has 122 valence electrons. The maximum atomic E-state index is 12.6. The summed E-state index contributed by atoms with van der Waals surface area (Å²) in [6.45, 7) is 2.13. The van der Waals surface area contributed by atoms with Crippen LogP contribution in [0.15, 0.2) is 24.3 Å². The van der Waals surface area contributed by atoms with Crippen molar-refractivity contribution in [2.75, 3.05) is 0 Å². The van der Waals surface area contributed by atoms with Crippen LogP contribution in [0.5, 0.6) is 0 Å². The van der Waals surface area contributed by atoms with Gasteiger partial charge in [-0.1, -0.05) is 43.5 Å². The van der Waals surface area contributed by atoms with Crippen LogP contribution >= 0.6 is 11.6 Å². The zero-order valence-electron chi connectivity index (χ0n) is 13.0. The molecule has 0 bridgehead atoms. The van der Waals surface area contributed by atoms with Gasteiger partial charge in [-0.15, -0.1) is 0 Å². The zero-order chi connectivity index (χ0) is 16.6. The van der Waals surface area contributed by atoms with Crippen molar-refractivity contribution in [1.82, 2.24) is 9.80 Å². The van der Waals surface area contributed by atoms with Gasteiger partial charge in [-0.25, -0.2) is 4.79 Å². The zero-order valence-corrected chi connectivity index (χ0v) is 13.8. The highest BCUT2D eigenvalue weighted by molar-refractivity contribution is 6.44. The molecule has 2 fully saturated rings. The van der Waals surface area contributed by atoms with Crippen molar-refractivity contribution in [1.29, 1.82) is 0 Å². The summed E-state index contributed by atoms with van der Waals surface area (Å²) in [6.07, 6.45) is 3.85. The SMILES string of the molecule is C[C@@H]1CCCC[C@@H]1N1C(=O)C(=O)N(Cc2ccc(Cl)cc2)C1=O. The van der Waals surface area contributed by atoms with Crippen LogP contribution in [0.25, 0.3) is 0 Å². The summed E-state index contributed by atoms with van der Waals surface area (Å²) in [5.74, 6) is -1.19. The Labute approximate surface area is 140 Å². The van der Waals surface area contributed by atoms with Crippen molar-refractivity contribution in [3.05, 3.63) is 34.9 Å². The molecule has 1 saturated heterocycles. The Morgan fingerprint density at radius 3 is 2.35 bits per heavy atom. The number of halogens is 1. The lowest BCUT2D eigenvalue weighted by atomic mass is 9.85. The van der Waals surface area contributed by atoms with E-state index in [0.29, 0.717) is 5.02 Å². The second-order valence-electron chi connectivity index (χ2n) is 6.30. The molecule has 0 spiro atoms. The van der Waals surface area contributed by atoms with Gasteiger partial charge in [0.2, 0.25) is 0 Å². The first kappa shape index (κ1) is 16.0. The lowest BCUT2D eigenvalue weighted by molar-refractivity contribution is -0.144. The van der Waals surface area contributed by atoms with Gasteiger partial charge in [-0.05, 0) is 36.5 Å². The number of rotatable bonds is 3. The highest BCUT2D eigenvalue weighted by Crippen LogP contribution is 2.31. The molecule has 4 amide bonds. The Morgan fingerprint density at radius 2 is 1.70 bits per heavy atom. The molecule has 1 aliphatic heterocycles. The molecule has 0 aromatic heterocycles. The second kappa shape index (κ2) is 6.32. The average Bonchev–Trinajstić information content (AvgIpc) is 2.74. The van der Waals surface area contributed by atoms with E-state index in [2.05, 4.69) is 0 Å². The van der Waals surface area contributed by atoms with Gasteiger partial charge in [0.15, 0.2) is 0 Å². The summed E-state index contributed by atoms with van der Waals surface area (Å²) in [7, 11) is 0. The third-order valence-electron chi connectivity index (χ3n) is 4.74. The third-order valence-corrected chi connectivity index (χ3v) is 4.99. The molecule has 5 nitrogen and oxygen atoms in total. The Kier molecular flexibility index (Phi) is 4.39. The first-order valence-corrected chi connectivity index (χ1v) is 8.30. The van der Waals surface area contributed by atoms with Crippen molar-refractivity contribution in [2.24, 2.45) is 5.92 Å². The lowest BCUT2D eigenvalue weighted by Gasteiger charge is -2.34. The molecule has 6 heteroatoms. The first-order valence-electron chi connectivity index (χ1n) is 7.92. The van der Waals surface area contributed by atoms with E-state index in [1.165, 1.54) is 4.90 Å². The van der Waals surface area contributed by atoms with Crippen LogP contribution in [0.4, 0.5) is 4.79 Å². The molecule has 3 rings (SSSR count). The Hall–Kier alpha value is -1.88. The predicted octanol–water partition coefficient (Wildman–Crippen LogP) is 3.21. The van der Waals surface area contributed by atoms with E-state index in [9.17, 15) is 14.4 Å². The van der Waals surface area contributed by atoms with Gasteiger partial charge in [0, 0.05) is 11.1 Å². The molecule has 0 N–H and O–H groups in total. The fourth-order valence-electron chi connectivity index (χ4n) is 3.41. The fraction of sp³-hybridized carbons (Fsp3) is 0.471. The third kappa shape index (κ3) is 2.98. The summed E-state index contributed by atoms with van der Waals surface area (Å²) in [5.41, 5.74) is 0.766. The molecule has 2 aliphatic rings. The van der Waals surface area contributed by atoms with Gasteiger partial charge in [-0.3, -0.25) is 19.4 Å². The van der Waals surface area contributed by atoms with E-state index in [4.69, 9.17) is 11.6 Å². The summed E-state index contributed by atoms with van der Waals surface area (Å²) in [4.78, 5) is 39.4. The van der Waals surface area contributed by atoms with E-state index in [1.54, 1.807) is 24.3 Å². The largest absolute Gasteiger partial charge is 0.334 e. The average molecular weight is 335 g/mol. The minimum absolute atomic E-state index is 0.0954. The molecular weight excluding hydrogens is 316 g/mol. The van der Waals surface area contributed by atoms with E-state index in [1.807, 2.05) is 6.92 Å². The second-order valence-corrected chi connectivity index (χ2v) is 6.74. The van der Waals surface area contributed by atoms with Gasteiger partial charge in [-0.2, -0.15) is 0 Å². The molecule has 2 atom stereocenters. The number of carbonyl (C=O) groups excluding carboxylic acids is 3. The molecule has 23 heavy (non-hydrogen) atoms. The molecule has 1 aromatic carbocycles. The van der Waals surface area contributed by atoms with Crippen molar-refractivity contribution < 1.29 is 14.4 Å². The maximum absolute atomic E-state index is 12.6.